The minimum Gasteiger partial charge on any atom is -0.457 e. The summed E-state index contributed by atoms with van der Waals surface area (Å²) in [4.78, 5) is 11.7. The zero-order chi connectivity index (χ0) is 11.4. The second-order valence-electron chi connectivity index (χ2n) is 4.07. The van der Waals surface area contributed by atoms with Gasteiger partial charge in [-0.3, -0.25) is 4.79 Å². The molecule has 4 nitrogen and oxygen atoms in total. The topological polar surface area (TPSA) is 65.5 Å². The van der Waals surface area contributed by atoms with Gasteiger partial charge in [0.15, 0.2) is 11.5 Å². The average molecular weight is 223 g/mol. The third-order valence-corrected chi connectivity index (χ3v) is 2.86. The highest BCUT2D eigenvalue weighted by Gasteiger charge is 2.18. The van der Waals surface area contributed by atoms with Crippen LogP contribution in [0.3, 0.4) is 0 Å². The van der Waals surface area contributed by atoms with E-state index in [9.17, 15) is 4.79 Å². The fourth-order valence-corrected chi connectivity index (χ4v) is 1.92. The Morgan fingerprint density at radius 2 is 2.38 bits per heavy atom. The zero-order valence-corrected chi connectivity index (χ0v) is 9.28. The van der Waals surface area contributed by atoms with Crippen molar-refractivity contribution in [2.75, 3.05) is 6.61 Å². The first-order chi connectivity index (χ1) is 7.79. The van der Waals surface area contributed by atoms with Crippen molar-refractivity contribution in [1.82, 2.24) is 0 Å². The first-order valence-electron chi connectivity index (χ1n) is 5.73. The Morgan fingerprint density at radius 3 is 3.00 bits per heavy atom. The maximum Gasteiger partial charge on any atom is 0.198 e. The summed E-state index contributed by atoms with van der Waals surface area (Å²) < 4.78 is 10.8. The van der Waals surface area contributed by atoms with Crippen LogP contribution in [0.4, 0.5) is 0 Å². The molecule has 0 bridgehead atoms. The van der Waals surface area contributed by atoms with Crippen LogP contribution in [0.5, 0.6) is 0 Å². The highest BCUT2D eigenvalue weighted by Crippen LogP contribution is 2.18. The molecule has 1 aromatic heterocycles. The number of carbonyl (C=O) groups is 1. The van der Waals surface area contributed by atoms with Crippen molar-refractivity contribution in [2.45, 2.75) is 38.3 Å². The number of hydrogen-bond donors (Lipinski definition) is 1. The van der Waals surface area contributed by atoms with Gasteiger partial charge in [-0.2, -0.15) is 0 Å². The summed E-state index contributed by atoms with van der Waals surface area (Å²) in [5.74, 6) is 1.11. The van der Waals surface area contributed by atoms with Crippen LogP contribution in [-0.2, 0) is 11.3 Å². The van der Waals surface area contributed by atoms with E-state index in [0.717, 1.165) is 25.9 Å². The molecule has 0 amide bonds. The molecule has 4 heteroatoms. The highest BCUT2D eigenvalue weighted by molar-refractivity contribution is 5.93. The van der Waals surface area contributed by atoms with E-state index in [-0.39, 0.29) is 11.9 Å². The normalized spacial score (nSPS) is 20.2. The summed E-state index contributed by atoms with van der Waals surface area (Å²) >= 11 is 0. The number of carbonyl (C=O) groups excluding carboxylic acids is 1. The third-order valence-electron chi connectivity index (χ3n) is 2.86. The lowest BCUT2D eigenvalue weighted by Gasteiger charge is -2.06. The lowest BCUT2D eigenvalue weighted by atomic mass is 10.1. The monoisotopic (exact) mass is 223 g/mol. The number of nitrogens with two attached hydrogens (primary N) is 1. The lowest BCUT2D eigenvalue weighted by Crippen LogP contribution is -2.08. The predicted molar refractivity (Wildman–Crippen MR) is 59.1 cm³/mol. The van der Waals surface area contributed by atoms with Crippen molar-refractivity contribution in [3.05, 3.63) is 23.7 Å². The molecule has 1 saturated heterocycles. The van der Waals surface area contributed by atoms with Crippen molar-refractivity contribution in [1.29, 1.82) is 0 Å². The van der Waals surface area contributed by atoms with Crippen LogP contribution in [0.15, 0.2) is 16.5 Å². The van der Waals surface area contributed by atoms with Crippen LogP contribution in [-0.4, -0.2) is 18.5 Å². The van der Waals surface area contributed by atoms with E-state index in [1.54, 1.807) is 12.1 Å². The number of furan rings is 1. The number of Topliss-reactive ketones (excluding diaryl/α,β-unsaturated/α-hetero) is 1. The van der Waals surface area contributed by atoms with E-state index in [4.69, 9.17) is 14.9 Å². The number of ether oxygens (including phenoxy) is 1. The number of hydrogen-bond acceptors (Lipinski definition) is 4. The van der Waals surface area contributed by atoms with E-state index in [1.807, 2.05) is 0 Å². The van der Waals surface area contributed by atoms with Gasteiger partial charge >= 0.3 is 0 Å². The van der Waals surface area contributed by atoms with Crippen molar-refractivity contribution >= 4 is 5.78 Å². The maximum atomic E-state index is 11.7. The average Bonchev–Trinajstić information content (AvgIpc) is 2.96. The Bertz CT molecular complexity index is 353. The van der Waals surface area contributed by atoms with Crippen molar-refractivity contribution < 1.29 is 13.9 Å². The fraction of sp³-hybridized carbons (Fsp3) is 0.583. The van der Waals surface area contributed by atoms with Crippen molar-refractivity contribution in [2.24, 2.45) is 5.73 Å². The largest absolute Gasteiger partial charge is 0.457 e. The first-order valence-corrected chi connectivity index (χ1v) is 5.73. The Kier molecular flexibility index (Phi) is 3.74. The summed E-state index contributed by atoms with van der Waals surface area (Å²) in [6, 6.07) is 3.44. The number of ketones is 1. The van der Waals surface area contributed by atoms with Crippen LogP contribution >= 0.6 is 0 Å². The molecule has 2 heterocycles. The van der Waals surface area contributed by atoms with Gasteiger partial charge in [0.25, 0.3) is 0 Å². The minimum absolute atomic E-state index is 0.0372. The molecule has 0 aliphatic carbocycles. The fourth-order valence-electron chi connectivity index (χ4n) is 1.92. The van der Waals surface area contributed by atoms with Crippen LogP contribution < -0.4 is 5.73 Å². The van der Waals surface area contributed by atoms with Gasteiger partial charge in [0.1, 0.15) is 5.76 Å². The molecule has 1 aromatic rings. The van der Waals surface area contributed by atoms with E-state index in [0.29, 0.717) is 24.5 Å². The van der Waals surface area contributed by atoms with E-state index in [2.05, 4.69) is 0 Å². The van der Waals surface area contributed by atoms with Gasteiger partial charge in [-0.25, -0.2) is 0 Å². The SMILES string of the molecule is NCc1ccc(C(=O)CCC2CCCO2)o1. The van der Waals surface area contributed by atoms with E-state index in [1.165, 1.54) is 0 Å². The summed E-state index contributed by atoms with van der Waals surface area (Å²) in [7, 11) is 0. The molecule has 16 heavy (non-hydrogen) atoms. The molecule has 0 spiro atoms. The van der Waals surface area contributed by atoms with E-state index < -0.39 is 0 Å². The second-order valence-corrected chi connectivity index (χ2v) is 4.07. The second kappa shape index (κ2) is 5.27. The third kappa shape index (κ3) is 2.71. The van der Waals surface area contributed by atoms with Gasteiger partial charge in [-0.1, -0.05) is 0 Å². The molecule has 0 saturated carbocycles. The van der Waals surface area contributed by atoms with Crippen molar-refractivity contribution in [3.8, 4) is 0 Å². The summed E-state index contributed by atoms with van der Waals surface area (Å²) in [6.45, 7) is 1.16. The molecule has 1 aliphatic heterocycles. The van der Waals surface area contributed by atoms with Crippen LogP contribution in [0, 0.1) is 0 Å². The molecule has 2 N–H and O–H groups in total. The molecule has 2 rings (SSSR count). The van der Waals surface area contributed by atoms with Crippen molar-refractivity contribution in [3.63, 3.8) is 0 Å². The van der Waals surface area contributed by atoms with Crippen LogP contribution in [0.1, 0.15) is 42.0 Å². The first kappa shape index (κ1) is 11.4. The summed E-state index contributed by atoms with van der Waals surface area (Å²) in [5.41, 5.74) is 5.41. The maximum absolute atomic E-state index is 11.7. The molecule has 0 radical (unpaired) electrons. The number of rotatable bonds is 5. The summed E-state index contributed by atoms with van der Waals surface area (Å²) in [5, 5.41) is 0. The van der Waals surface area contributed by atoms with Gasteiger partial charge in [0.2, 0.25) is 0 Å². The van der Waals surface area contributed by atoms with Crippen LogP contribution in [0.2, 0.25) is 0 Å². The van der Waals surface area contributed by atoms with Crippen LogP contribution in [0.25, 0.3) is 0 Å². The van der Waals surface area contributed by atoms with E-state index >= 15 is 0 Å². The Labute approximate surface area is 94.8 Å². The van der Waals surface area contributed by atoms with Gasteiger partial charge in [0, 0.05) is 13.0 Å². The van der Waals surface area contributed by atoms with Gasteiger partial charge < -0.3 is 14.9 Å². The Balaban J connectivity index is 1.82. The van der Waals surface area contributed by atoms with Gasteiger partial charge in [0.05, 0.1) is 12.6 Å². The molecule has 0 aromatic carbocycles. The molecular weight excluding hydrogens is 206 g/mol. The quantitative estimate of drug-likeness (QED) is 0.774. The summed E-state index contributed by atoms with van der Waals surface area (Å²) in [6.07, 6.45) is 3.71. The predicted octanol–water partition coefficient (Wildman–Crippen LogP) is 1.88. The molecule has 88 valence electrons. The van der Waals surface area contributed by atoms with Gasteiger partial charge in [-0.05, 0) is 31.4 Å². The van der Waals surface area contributed by atoms with Gasteiger partial charge in [-0.15, -0.1) is 0 Å². The molecule has 1 unspecified atom stereocenters. The molecular formula is C12H17NO3. The molecule has 1 aliphatic rings. The minimum atomic E-state index is 0.0372. The Hall–Kier alpha value is -1.13. The Morgan fingerprint density at radius 1 is 1.50 bits per heavy atom. The smallest absolute Gasteiger partial charge is 0.198 e. The molecule has 1 atom stereocenters. The lowest BCUT2D eigenvalue weighted by molar-refractivity contribution is 0.0839. The highest BCUT2D eigenvalue weighted by atomic mass is 16.5. The molecule has 1 fully saturated rings. The standard InChI is InChI=1S/C12H17NO3/c13-8-10-4-6-12(16-10)11(14)5-3-9-2-1-7-15-9/h4,6,9H,1-3,5,7-8,13H2. The zero-order valence-electron chi connectivity index (χ0n) is 9.28.